The second kappa shape index (κ2) is 40.5. The third-order valence-electron chi connectivity index (χ3n) is 16.7. The third kappa shape index (κ3) is 23.1. The molecular formula is C72H108Br2S6. The lowest BCUT2D eigenvalue weighted by Gasteiger charge is -2.03. The van der Waals surface area contributed by atoms with E-state index in [9.17, 15) is 0 Å². The van der Waals surface area contributed by atoms with E-state index in [0.29, 0.717) is 0 Å². The molecule has 0 atom stereocenters. The first-order valence-corrected chi connectivity index (χ1v) is 39.9. The summed E-state index contributed by atoms with van der Waals surface area (Å²) in [5.74, 6) is 0. The summed E-state index contributed by atoms with van der Waals surface area (Å²) >= 11 is 20.6. The van der Waals surface area contributed by atoms with Crippen LogP contribution in [0.2, 0.25) is 0 Å². The Kier molecular flexibility index (Phi) is 34.6. The van der Waals surface area contributed by atoms with E-state index in [-0.39, 0.29) is 0 Å². The fourth-order valence-corrected chi connectivity index (χ4v) is 20.8. The van der Waals surface area contributed by atoms with E-state index in [4.69, 9.17) is 0 Å². The highest BCUT2D eigenvalue weighted by Gasteiger charge is 2.25. The van der Waals surface area contributed by atoms with E-state index in [2.05, 4.69) is 155 Å². The number of hydrogen-bond donors (Lipinski definition) is 0. The molecule has 6 heterocycles. The first-order chi connectivity index (χ1) is 39.3. The minimum atomic E-state index is 1.18. The Hall–Kier alpha value is -0.840. The van der Waals surface area contributed by atoms with Crippen LogP contribution in [0.25, 0.3) is 48.8 Å². The van der Waals surface area contributed by atoms with Gasteiger partial charge < -0.3 is 0 Å². The van der Waals surface area contributed by atoms with Crippen molar-refractivity contribution in [2.45, 2.75) is 311 Å². The van der Waals surface area contributed by atoms with Gasteiger partial charge in [-0.25, -0.2) is 0 Å². The van der Waals surface area contributed by atoms with Gasteiger partial charge in [-0.05, 0) is 179 Å². The lowest BCUT2D eigenvalue weighted by Crippen LogP contribution is -1.88. The van der Waals surface area contributed by atoms with Gasteiger partial charge in [0.05, 0.1) is 7.57 Å². The summed E-state index contributed by atoms with van der Waals surface area (Å²) in [6, 6.07) is 15.8. The first-order valence-electron chi connectivity index (χ1n) is 33.4. The molecule has 0 saturated heterocycles. The zero-order valence-electron chi connectivity index (χ0n) is 51.4. The lowest BCUT2D eigenvalue weighted by molar-refractivity contribution is 0.607. The maximum absolute atomic E-state index is 4.11. The molecule has 80 heavy (non-hydrogen) atoms. The maximum atomic E-state index is 4.11. The Morgan fingerprint density at radius 1 is 0.225 bits per heavy atom. The Balaban J connectivity index is 1.41. The molecule has 8 heteroatoms. The van der Waals surface area contributed by atoms with Gasteiger partial charge in [-0.15, -0.1) is 68.0 Å². The molecule has 0 aliphatic carbocycles. The van der Waals surface area contributed by atoms with Crippen molar-refractivity contribution in [3.8, 4) is 48.8 Å². The van der Waals surface area contributed by atoms with Gasteiger partial charge in [0, 0.05) is 48.8 Å². The van der Waals surface area contributed by atoms with Crippen LogP contribution < -0.4 is 0 Å². The van der Waals surface area contributed by atoms with E-state index in [1.165, 1.54) is 312 Å². The number of thiophene rings is 6. The van der Waals surface area contributed by atoms with Crippen molar-refractivity contribution in [3.63, 3.8) is 0 Å². The van der Waals surface area contributed by atoms with E-state index in [0.717, 1.165) is 0 Å². The summed E-state index contributed by atoms with van der Waals surface area (Å²) < 4.78 is 2.65. The molecule has 0 aromatic carbocycles. The van der Waals surface area contributed by atoms with Crippen molar-refractivity contribution in [3.05, 3.63) is 77.4 Å². The van der Waals surface area contributed by atoms with Gasteiger partial charge in [0.2, 0.25) is 0 Å². The molecular weight excluding hydrogens is 1220 g/mol. The van der Waals surface area contributed by atoms with Gasteiger partial charge in [0.25, 0.3) is 0 Å². The average molecular weight is 1330 g/mol. The normalized spacial score (nSPS) is 11.8. The molecule has 446 valence electrons. The Morgan fingerprint density at radius 3 is 0.700 bits per heavy atom. The Morgan fingerprint density at radius 2 is 0.425 bits per heavy atom. The van der Waals surface area contributed by atoms with Crippen LogP contribution >= 0.6 is 99.9 Å². The predicted molar refractivity (Wildman–Crippen MR) is 379 cm³/mol. The number of hydrogen-bond acceptors (Lipinski definition) is 6. The van der Waals surface area contributed by atoms with Crippen LogP contribution in [0.3, 0.4) is 0 Å². The molecule has 0 saturated carbocycles. The highest BCUT2D eigenvalue weighted by molar-refractivity contribution is 9.11. The van der Waals surface area contributed by atoms with Crippen LogP contribution in [-0.4, -0.2) is 0 Å². The minimum absolute atomic E-state index is 1.18. The fraction of sp³-hybridized carbons (Fsp3) is 0.667. The Bertz CT molecular complexity index is 2550. The van der Waals surface area contributed by atoms with Gasteiger partial charge in [-0.1, -0.05) is 234 Å². The molecule has 0 unspecified atom stereocenters. The van der Waals surface area contributed by atoms with Gasteiger partial charge in [-0.3, -0.25) is 0 Å². The van der Waals surface area contributed by atoms with Crippen molar-refractivity contribution in [2.75, 3.05) is 0 Å². The van der Waals surface area contributed by atoms with Crippen LogP contribution in [-0.2, 0) is 38.5 Å². The second-order valence-electron chi connectivity index (χ2n) is 23.8. The zero-order valence-corrected chi connectivity index (χ0v) is 59.4. The number of aryl methyl sites for hydroxylation is 6. The Labute approximate surface area is 532 Å². The molecule has 0 aliphatic rings. The first kappa shape index (κ1) is 68.3. The highest BCUT2D eigenvalue weighted by atomic mass is 79.9. The maximum Gasteiger partial charge on any atom is 0.0737 e. The molecule has 0 amide bonds. The molecule has 0 N–H and O–H groups in total. The third-order valence-corrected chi connectivity index (χ3v) is 25.9. The van der Waals surface area contributed by atoms with Gasteiger partial charge in [0.1, 0.15) is 0 Å². The van der Waals surface area contributed by atoms with Crippen LogP contribution in [0, 0.1) is 0 Å². The monoisotopic (exact) mass is 1320 g/mol. The molecule has 0 bridgehead atoms. The fourth-order valence-electron chi connectivity index (χ4n) is 11.8. The van der Waals surface area contributed by atoms with Gasteiger partial charge in [0.15, 0.2) is 0 Å². The molecule has 6 rings (SSSR count). The van der Waals surface area contributed by atoms with Crippen LogP contribution in [0.1, 0.15) is 306 Å². The van der Waals surface area contributed by atoms with Crippen molar-refractivity contribution < 1.29 is 0 Å². The SMILES string of the molecule is CCCCCCCCc1cc(-c2sc(-c3sc(-c4sc(-c5sc(-c6sc(Br)cc6CCCCCCCC)cc5CCCCCCCC)cc4CCCCCCCC)cc3CCCCCCCC)cc2CCCCCCCC)sc1Br. The highest BCUT2D eigenvalue weighted by Crippen LogP contribution is 2.52. The smallest absolute Gasteiger partial charge is 0.0737 e. The summed E-state index contributed by atoms with van der Waals surface area (Å²) in [5.41, 5.74) is 9.51. The summed E-state index contributed by atoms with van der Waals surface area (Å²) in [5, 5.41) is 0. The van der Waals surface area contributed by atoms with Crippen molar-refractivity contribution in [1.29, 1.82) is 0 Å². The largest absolute Gasteiger partial charge is 0.133 e. The molecule has 0 radical (unpaired) electrons. The van der Waals surface area contributed by atoms with Crippen LogP contribution in [0.15, 0.2) is 44.0 Å². The molecule has 6 aromatic heterocycles. The molecule has 0 nitrogen and oxygen atoms in total. The number of unbranched alkanes of at least 4 members (excludes halogenated alkanes) is 30. The van der Waals surface area contributed by atoms with Crippen LogP contribution in [0.5, 0.6) is 0 Å². The average Bonchev–Trinajstić information content (AvgIpc) is 4.39. The van der Waals surface area contributed by atoms with E-state index >= 15 is 0 Å². The number of halogens is 2. The second-order valence-corrected chi connectivity index (χ2v) is 32.8. The van der Waals surface area contributed by atoms with Gasteiger partial charge >= 0.3 is 0 Å². The topological polar surface area (TPSA) is 0 Å². The standard InChI is InChI=1S/C72H108Br2S6/c1-7-13-19-25-31-37-43-55-50-62(69-57(45-39-33-27-21-15-9-3)52-64(78-69)71-59(54-66(73)80-71)47-41-35-29-23-17-11-5)76-67(55)61-49-56(44-38-32-26-20-14-8-2)68(75-61)63-51-58(46-40-34-28-22-16-10-4)70(77-63)65-53-60(72(74)79-65)48-42-36-30-24-18-12-6/h49-54H,7-48H2,1-6H3. The van der Waals surface area contributed by atoms with Crippen molar-refractivity contribution >= 4 is 99.9 Å². The quantitative estimate of drug-likeness (QED) is 0.0334. The number of rotatable bonds is 47. The summed E-state index contributed by atoms with van der Waals surface area (Å²) in [6.07, 6.45) is 55.5. The van der Waals surface area contributed by atoms with Crippen molar-refractivity contribution in [2.24, 2.45) is 0 Å². The van der Waals surface area contributed by atoms with E-state index < -0.39 is 0 Å². The molecule has 0 spiro atoms. The lowest BCUT2D eigenvalue weighted by atomic mass is 10.0. The molecule has 0 aliphatic heterocycles. The van der Waals surface area contributed by atoms with E-state index in [1.54, 1.807) is 47.3 Å². The zero-order chi connectivity index (χ0) is 56.6. The minimum Gasteiger partial charge on any atom is -0.133 e. The van der Waals surface area contributed by atoms with Crippen molar-refractivity contribution in [1.82, 2.24) is 0 Å². The predicted octanol–water partition coefficient (Wildman–Crippen LogP) is 29.3. The van der Waals surface area contributed by atoms with E-state index in [1.807, 2.05) is 22.7 Å². The molecule has 0 fully saturated rings. The summed E-state index contributed by atoms with van der Waals surface area (Å²) in [6.45, 7) is 14.0. The summed E-state index contributed by atoms with van der Waals surface area (Å²) in [4.78, 5) is 15.4. The van der Waals surface area contributed by atoms with Gasteiger partial charge in [-0.2, -0.15) is 0 Å². The van der Waals surface area contributed by atoms with Crippen LogP contribution in [0.4, 0.5) is 0 Å². The summed E-state index contributed by atoms with van der Waals surface area (Å²) in [7, 11) is 0. The molecule has 6 aromatic rings.